The van der Waals surface area contributed by atoms with Crippen molar-refractivity contribution in [3.05, 3.63) is 47.5 Å². The molecular formula is C22H25N3O6S. The summed E-state index contributed by atoms with van der Waals surface area (Å²) >= 11 is 1.37. The largest absolute Gasteiger partial charge is 0.504 e. The average Bonchev–Trinajstić information content (AvgIpc) is 3.02. The van der Waals surface area contributed by atoms with Gasteiger partial charge in [-0.15, -0.1) is 11.8 Å². The number of rotatable bonds is 7. The topological polar surface area (TPSA) is 117 Å². The number of nitrogens with one attached hydrogen (secondary N) is 2. The number of benzene rings is 2. The quantitative estimate of drug-likeness (QED) is 0.582. The third kappa shape index (κ3) is 4.91. The molecule has 2 atom stereocenters. The Hall–Kier alpha value is -3.40. The highest BCUT2D eigenvalue weighted by Crippen LogP contribution is 2.43. The second-order valence-corrected chi connectivity index (χ2v) is 8.46. The lowest BCUT2D eigenvalue weighted by Crippen LogP contribution is -2.45. The van der Waals surface area contributed by atoms with Gasteiger partial charge in [-0.25, -0.2) is 5.01 Å². The van der Waals surface area contributed by atoms with Crippen LogP contribution in [0.1, 0.15) is 42.1 Å². The lowest BCUT2D eigenvalue weighted by Gasteiger charge is -2.25. The van der Waals surface area contributed by atoms with Gasteiger partial charge in [0.25, 0.3) is 11.8 Å². The van der Waals surface area contributed by atoms with Gasteiger partial charge in [-0.05, 0) is 43.7 Å². The smallest absolute Gasteiger partial charge is 0.273 e. The standard InChI is InChI=1S/C22H25N3O6S/c1-5-31-18-11-15(23-13(3)26)7-8-16(18)20(28)24-25-21(29)12(2)32-22(25)14-6-9-17(27)19(10-14)30-4/h6-12,22,27H,5H2,1-4H3,(H,23,26)(H,24,28)/t12-,22+/m0/s1. The van der Waals surface area contributed by atoms with Crippen molar-refractivity contribution in [2.75, 3.05) is 19.0 Å². The summed E-state index contributed by atoms with van der Waals surface area (Å²) in [6.45, 7) is 5.24. The van der Waals surface area contributed by atoms with Gasteiger partial charge < -0.3 is 19.9 Å². The third-order valence-electron chi connectivity index (χ3n) is 4.71. The average molecular weight is 460 g/mol. The van der Waals surface area contributed by atoms with Gasteiger partial charge in [0.15, 0.2) is 11.5 Å². The van der Waals surface area contributed by atoms with Crippen LogP contribution < -0.4 is 20.2 Å². The van der Waals surface area contributed by atoms with Crippen LogP contribution in [0, 0.1) is 0 Å². The van der Waals surface area contributed by atoms with Crippen molar-refractivity contribution in [2.24, 2.45) is 0 Å². The van der Waals surface area contributed by atoms with E-state index in [0.29, 0.717) is 17.9 Å². The molecule has 2 aromatic rings. The van der Waals surface area contributed by atoms with Gasteiger partial charge in [0.1, 0.15) is 11.1 Å². The highest BCUT2D eigenvalue weighted by atomic mass is 32.2. The molecule has 3 rings (SSSR count). The molecule has 0 radical (unpaired) electrons. The number of hydrazine groups is 1. The van der Waals surface area contributed by atoms with Gasteiger partial charge in [0.05, 0.1) is 24.5 Å². The van der Waals surface area contributed by atoms with Crippen LogP contribution in [0.25, 0.3) is 0 Å². The van der Waals surface area contributed by atoms with Gasteiger partial charge in [-0.1, -0.05) is 6.07 Å². The third-order valence-corrected chi connectivity index (χ3v) is 6.06. The second kappa shape index (κ2) is 9.82. The summed E-state index contributed by atoms with van der Waals surface area (Å²) in [6, 6.07) is 9.46. The molecule has 170 valence electrons. The monoisotopic (exact) mass is 459 g/mol. The second-order valence-electron chi connectivity index (χ2n) is 7.04. The number of hydrogen-bond donors (Lipinski definition) is 3. The van der Waals surface area contributed by atoms with Gasteiger partial charge in [-0.2, -0.15) is 0 Å². The fraction of sp³-hybridized carbons (Fsp3) is 0.318. The first-order valence-corrected chi connectivity index (χ1v) is 10.9. The molecule has 0 spiro atoms. The van der Waals surface area contributed by atoms with Crippen molar-refractivity contribution in [3.8, 4) is 17.2 Å². The Morgan fingerprint density at radius 2 is 1.94 bits per heavy atom. The number of methoxy groups -OCH3 is 1. The Kier molecular flexibility index (Phi) is 7.14. The van der Waals surface area contributed by atoms with Crippen LogP contribution in [0.5, 0.6) is 17.2 Å². The van der Waals surface area contributed by atoms with Gasteiger partial charge in [0.2, 0.25) is 5.91 Å². The van der Waals surface area contributed by atoms with Crippen LogP contribution >= 0.6 is 11.8 Å². The summed E-state index contributed by atoms with van der Waals surface area (Å²) in [7, 11) is 1.44. The Bertz CT molecular complexity index is 1040. The van der Waals surface area contributed by atoms with Crippen LogP contribution in [-0.2, 0) is 9.59 Å². The number of thioether (sulfide) groups is 1. The molecule has 0 unspecified atom stereocenters. The highest BCUT2D eigenvalue weighted by molar-refractivity contribution is 8.01. The number of nitrogens with zero attached hydrogens (tertiary/aromatic N) is 1. The summed E-state index contributed by atoms with van der Waals surface area (Å²) in [6.07, 6.45) is 0. The van der Waals surface area contributed by atoms with Crippen molar-refractivity contribution in [2.45, 2.75) is 31.4 Å². The molecule has 1 fully saturated rings. The Labute approximate surface area is 190 Å². The molecule has 1 aliphatic heterocycles. The SMILES string of the molecule is CCOc1cc(NC(C)=O)ccc1C(=O)NN1C(=O)[C@H](C)S[C@@H]1c1ccc(O)c(OC)c1. The maximum atomic E-state index is 13.1. The number of amides is 3. The Morgan fingerprint density at radius 1 is 1.19 bits per heavy atom. The first-order valence-electron chi connectivity index (χ1n) is 9.96. The summed E-state index contributed by atoms with van der Waals surface area (Å²) < 4.78 is 10.8. The van der Waals surface area contributed by atoms with E-state index in [1.807, 2.05) is 0 Å². The molecule has 0 aromatic heterocycles. The van der Waals surface area contributed by atoms with Crippen molar-refractivity contribution in [1.29, 1.82) is 0 Å². The van der Waals surface area contributed by atoms with E-state index in [9.17, 15) is 19.5 Å². The number of phenolic OH excluding ortho intramolecular Hbond substituents is 1. The molecule has 3 amide bonds. The summed E-state index contributed by atoms with van der Waals surface area (Å²) in [5.41, 5.74) is 4.09. The molecule has 2 aromatic carbocycles. The van der Waals surface area contributed by atoms with E-state index in [0.717, 1.165) is 0 Å². The minimum Gasteiger partial charge on any atom is -0.504 e. The van der Waals surface area contributed by atoms with Gasteiger partial charge in [0, 0.05) is 18.7 Å². The fourth-order valence-corrected chi connectivity index (χ4v) is 4.45. The number of anilines is 1. The molecule has 9 nitrogen and oxygen atoms in total. The van der Waals surface area contributed by atoms with Crippen LogP contribution in [0.15, 0.2) is 36.4 Å². The molecular weight excluding hydrogens is 434 g/mol. The van der Waals surface area contributed by atoms with Gasteiger partial charge in [-0.3, -0.25) is 19.8 Å². The molecule has 0 bridgehead atoms. The molecule has 32 heavy (non-hydrogen) atoms. The van der Waals surface area contributed by atoms with Crippen molar-refractivity contribution < 1.29 is 29.0 Å². The molecule has 0 saturated carbocycles. The number of hydrogen-bond acceptors (Lipinski definition) is 7. The van der Waals surface area contributed by atoms with Crippen molar-refractivity contribution >= 4 is 35.2 Å². The zero-order valence-electron chi connectivity index (χ0n) is 18.2. The van der Waals surface area contributed by atoms with E-state index in [4.69, 9.17) is 9.47 Å². The fourth-order valence-electron chi connectivity index (χ4n) is 3.25. The lowest BCUT2D eigenvalue weighted by molar-refractivity contribution is -0.132. The van der Waals surface area contributed by atoms with E-state index < -0.39 is 11.3 Å². The van der Waals surface area contributed by atoms with E-state index in [1.165, 1.54) is 42.9 Å². The zero-order valence-corrected chi connectivity index (χ0v) is 19.0. The number of carbonyl (C=O) groups excluding carboxylic acids is 3. The van der Waals surface area contributed by atoms with Crippen LogP contribution in [0.4, 0.5) is 5.69 Å². The van der Waals surface area contributed by atoms with Gasteiger partial charge >= 0.3 is 0 Å². The van der Waals surface area contributed by atoms with Crippen molar-refractivity contribution in [3.63, 3.8) is 0 Å². The summed E-state index contributed by atoms with van der Waals surface area (Å²) in [5.74, 6) is -0.491. The van der Waals surface area contributed by atoms with Crippen LogP contribution in [0.3, 0.4) is 0 Å². The minimum absolute atomic E-state index is 0.0187. The van der Waals surface area contributed by atoms with E-state index >= 15 is 0 Å². The highest BCUT2D eigenvalue weighted by Gasteiger charge is 2.40. The first kappa shape index (κ1) is 23.3. The molecule has 3 N–H and O–H groups in total. The molecule has 1 saturated heterocycles. The minimum atomic E-state index is -0.526. The maximum absolute atomic E-state index is 13.1. The molecule has 1 heterocycles. The maximum Gasteiger partial charge on any atom is 0.273 e. The number of ether oxygens (including phenoxy) is 2. The summed E-state index contributed by atoms with van der Waals surface area (Å²) in [5, 5.41) is 12.9. The molecule has 1 aliphatic rings. The van der Waals surface area contributed by atoms with E-state index in [2.05, 4.69) is 10.7 Å². The number of phenols is 1. The number of aromatic hydroxyl groups is 1. The van der Waals surface area contributed by atoms with E-state index in [1.54, 1.807) is 38.1 Å². The number of carbonyl (C=O) groups is 3. The normalized spacial score (nSPS) is 17.8. The van der Waals surface area contributed by atoms with Crippen LogP contribution in [0.2, 0.25) is 0 Å². The summed E-state index contributed by atoms with van der Waals surface area (Å²) in [4.78, 5) is 37.2. The van der Waals surface area contributed by atoms with Crippen molar-refractivity contribution in [1.82, 2.24) is 10.4 Å². The van der Waals surface area contributed by atoms with Crippen LogP contribution in [-0.4, -0.2) is 46.8 Å². The first-order chi connectivity index (χ1) is 15.2. The Morgan fingerprint density at radius 3 is 2.59 bits per heavy atom. The Balaban J connectivity index is 1.89. The molecule has 10 heteroatoms. The predicted molar refractivity (Wildman–Crippen MR) is 121 cm³/mol. The van der Waals surface area contributed by atoms with E-state index in [-0.39, 0.29) is 39.9 Å². The predicted octanol–water partition coefficient (Wildman–Crippen LogP) is 3.07. The molecule has 0 aliphatic carbocycles. The zero-order chi connectivity index (χ0) is 23.4. The lowest BCUT2D eigenvalue weighted by atomic mass is 10.1.